The molecule has 0 saturated heterocycles. The van der Waals surface area contributed by atoms with Gasteiger partial charge in [0, 0.05) is 28.9 Å². The van der Waals surface area contributed by atoms with Gasteiger partial charge in [0.1, 0.15) is 0 Å². The van der Waals surface area contributed by atoms with Gasteiger partial charge in [-0.3, -0.25) is 0 Å². The number of rotatable bonds is 6. The molecule has 0 fully saturated rings. The fraction of sp³-hybridized carbons (Fsp3) is 0.636. The predicted molar refractivity (Wildman–Crippen MR) is 59.7 cm³/mol. The summed E-state index contributed by atoms with van der Waals surface area (Å²) < 4.78 is 0. The number of aliphatic hydroxyl groups is 2. The van der Waals surface area contributed by atoms with Gasteiger partial charge in [-0.2, -0.15) is 0 Å². The summed E-state index contributed by atoms with van der Waals surface area (Å²) in [5, 5.41) is 17.8. The van der Waals surface area contributed by atoms with Crippen molar-refractivity contribution in [3.05, 3.63) is 21.9 Å². The van der Waals surface area contributed by atoms with Crippen LogP contribution in [-0.4, -0.2) is 23.4 Å². The molecule has 0 atom stereocenters. The van der Waals surface area contributed by atoms with E-state index in [9.17, 15) is 0 Å². The lowest BCUT2D eigenvalue weighted by molar-refractivity contribution is 0.144. The van der Waals surface area contributed by atoms with Crippen molar-refractivity contribution in [2.24, 2.45) is 5.92 Å². The second-order valence-electron chi connectivity index (χ2n) is 3.49. The molecule has 0 bridgehead atoms. The number of aryl methyl sites for hydroxylation is 2. The Labute approximate surface area is 89.2 Å². The molecule has 3 heteroatoms. The minimum Gasteiger partial charge on any atom is -0.396 e. The second kappa shape index (κ2) is 6.17. The second-order valence-corrected chi connectivity index (χ2v) is 4.74. The van der Waals surface area contributed by atoms with E-state index >= 15 is 0 Å². The highest BCUT2D eigenvalue weighted by atomic mass is 32.1. The van der Waals surface area contributed by atoms with E-state index < -0.39 is 0 Å². The lowest BCUT2D eigenvalue weighted by Crippen LogP contribution is -2.11. The summed E-state index contributed by atoms with van der Waals surface area (Å²) in [6, 6.07) is 4.31. The highest BCUT2D eigenvalue weighted by molar-refractivity contribution is 7.11. The molecule has 0 aliphatic rings. The van der Waals surface area contributed by atoms with Gasteiger partial charge in [-0.25, -0.2) is 0 Å². The third-order valence-corrected chi connectivity index (χ3v) is 3.67. The van der Waals surface area contributed by atoms with E-state index in [0.717, 1.165) is 19.3 Å². The fourth-order valence-corrected chi connectivity index (χ4v) is 2.31. The number of thiophene rings is 1. The zero-order valence-corrected chi connectivity index (χ0v) is 9.39. The molecule has 0 radical (unpaired) electrons. The molecule has 1 rings (SSSR count). The minimum absolute atomic E-state index is 0.0437. The zero-order chi connectivity index (χ0) is 10.4. The van der Waals surface area contributed by atoms with Crippen LogP contribution >= 0.6 is 11.3 Å². The maximum absolute atomic E-state index is 8.90. The van der Waals surface area contributed by atoms with Crippen molar-refractivity contribution in [2.45, 2.75) is 26.2 Å². The van der Waals surface area contributed by atoms with E-state index in [1.165, 1.54) is 9.75 Å². The Morgan fingerprint density at radius 3 is 2.36 bits per heavy atom. The van der Waals surface area contributed by atoms with Crippen molar-refractivity contribution >= 4 is 11.3 Å². The lowest BCUT2D eigenvalue weighted by atomic mass is 10.1. The van der Waals surface area contributed by atoms with Gasteiger partial charge in [0.15, 0.2) is 0 Å². The van der Waals surface area contributed by atoms with Crippen LogP contribution in [0.25, 0.3) is 0 Å². The summed E-state index contributed by atoms with van der Waals surface area (Å²) in [5.41, 5.74) is 0. The first kappa shape index (κ1) is 11.7. The van der Waals surface area contributed by atoms with Crippen LogP contribution in [0.5, 0.6) is 0 Å². The molecule has 80 valence electrons. The molecule has 0 aliphatic carbocycles. The topological polar surface area (TPSA) is 40.5 Å². The highest BCUT2D eigenvalue weighted by Gasteiger charge is 2.06. The standard InChI is InChI=1S/C11H18O2S/c1-2-10-5-6-11(14-10)4-3-9(7-12)8-13/h5-6,9,12-13H,2-4,7-8H2,1H3. The molecular formula is C11H18O2S. The third kappa shape index (κ3) is 3.40. The van der Waals surface area contributed by atoms with E-state index in [0.29, 0.717) is 0 Å². The molecule has 0 aromatic carbocycles. The molecular weight excluding hydrogens is 196 g/mol. The van der Waals surface area contributed by atoms with Gasteiger partial charge in [-0.1, -0.05) is 6.92 Å². The van der Waals surface area contributed by atoms with Crippen LogP contribution < -0.4 is 0 Å². The Bertz CT molecular complexity index is 254. The first-order valence-electron chi connectivity index (χ1n) is 5.09. The van der Waals surface area contributed by atoms with Gasteiger partial charge in [0.25, 0.3) is 0 Å². The SMILES string of the molecule is CCc1ccc(CCC(CO)CO)s1. The zero-order valence-electron chi connectivity index (χ0n) is 8.57. The van der Waals surface area contributed by atoms with E-state index in [2.05, 4.69) is 19.1 Å². The van der Waals surface area contributed by atoms with Gasteiger partial charge in [-0.15, -0.1) is 11.3 Å². The molecule has 1 aromatic rings. The molecule has 1 heterocycles. The van der Waals surface area contributed by atoms with Crippen LogP contribution in [0.2, 0.25) is 0 Å². The van der Waals surface area contributed by atoms with Crippen molar-refractivity contribution < 1.29 is 10.2 Å². The van der Waals surface area contributed by atoms with Crippen LogP contribution in [0, 0.1) is 5.92 Å². The average Bonchev–Trinajstić information content (AvgIpc) is 2.67. The first-order chi connectivity index (χ1) is 6.80. The summed E-state index contributed by atoms with van der Waals surface area (Å²) in [6.07, 6.45) is 2.93. The molecule has 0 aliphatic heterocycles. The lowest BCUT2D eigenvalue weighted by Gasteiger charge is -2.08. The van der Waals surface area contributed by atoms with Crippen molar-refractivity contribution in [2.75, 3.05) is 13.2 Å². The Balaban J connectivity index is 2.37. The predicted octanol–water partition coefficient (Wildman–Crippen LogP) is 1.84. The van der Waals surface area contributed by atoms with E-state index in [1.807, 2.05) is 11.3 Å². The smallest absolute Gasteiger partial charge is 0.0481 e. The van der Waals surface area contributed by atoms with E-state index in [1.54, 1.807) is 0 Å². The maximum atomic E-state index is 8.90. The molecule has 0 unspecified atom stereocenters. The summed E-state index contributed by atoms with van der Waals surface area (Å²) in [7, 11) is 0. The third-order valence-electron chi connectivity index (χ3n) is 2.38. The van der Waals surface area contributed by atoms with Crippen LogP contribution in [0.4, 0.5) is 0 Å². The van der Waals surface area contributed by atoms with Crippen molar-refractivity contribution in [3.8, 4) is 0 Å². The summed E-state index contributed by atoms with van der Waals surface area (Å²) in [6.45, 7) is 2.32. The Morgan fingerprint density at radius 1 is 1.21 bits per heavy atom. The van der Waals surface area contributed by atoms with Gasteiger partial charge >= 0.3 is 0 Å². The Hall–Kier alpha value is -0.380. The molecule has 1 aromatic heterocycles. The highest BCUT2D eigenvalue weighted by Crippen LogP contribution is 2.19. The Morgan fingerprint density at radius 2 is 1.86 bits per heavy atom. The van der Waals surface area contributed by atoms with Gasteiger partial charge < -0.3 is 10.2 Å². The fourth-order valence-electron chi connectivity index (χ4n) is 1.33. The molecule has 0 saturated carbocycles. The largest absolute Gasteiger partial charge is 0.396 e. The van der Waals surface area contributed by atoms with E-state index in [4.69, 9.17) is 10.2 Å². The maximum Gasteiger partial charge on any atom is 0.0481 e. The van der Waals surface area contributed by atoms with Gasteiger partial charge in [0.05, 0.1) is 0 Å². The number of hydrogen-bond donors (Lipinski definition) is 2. The molecule has 14 heavy (non-hydrogen) atoms. The normalized spacial score (nSPS) is 11.1. The monoisotopic (exact) mass is 214 g/mol. The van der Waals surface area contributed by atoms with E-state index in [-0.39, 0.29) is 19.1 Å². The van der Waals surface area contributed by atoms with Crippen molar-refractivity contribution in [1.29, 1.82) is 0 Å². The molecule has 2 nitrogen and oxygen atoms in total. The minimum atomic E-state index is 0.0437. The van der Waals surface area contributed by atoms with Crippen LogP contribution in [0.15, 0.2) is 12.1 Å². The number of aliphatic hydroxyl groups excluding tert-OH is 2. The average molecular weight is 214 g/mol. The molecule has 0 amide bonds. The van der Waals surface area contributed by atoms with Gasteiger partial charge in [-0.05, 0) is 31.4 Å². The van der Waals surface area contributed by atoms with Crippen molar-refractivity contribution in [3.63, 3.8) is 0 Å². The summed E-state index contributed by atoms with van der Waals surface area (Å²) >= 11 is 1.83. The Kier molecular flexibility index (Phi) is 5.15. The molecule has 0 spiro atoms. The van der Waals surface area contributed by atoms with Crippen molar-refractivity contribution in [1.82, 2.24) is 0 Å². The summed E-state index contributed by atoms with van der Waals surface area (Å²) in [4.78, 5) is 2.76. The van der Waals surface area contributed by atoms with Crippen LogP contribution in [-0.2, 0) is 12.8 Å². The quantitative estimate of drug-likeness (QED) is 0.758. The molecule has 2 N–H and O–H groups in total. The van der Waals surface area contributed by atoms with Crippen LogP contribution in [0.1, 0.15) is 23.1 Å². The van der Waals surface area contributed by atoms with Gasteiger partial charge in [0.2, 0.25) is 0 Å². The summed E-state index contributed by atoms with van der Waals surface area (Å²) in [5.74, 6) is 0.0437. The number of hydrogen-bond acceptors (Lipinski definition) is 3. The first-order valence-corrected chi connectivity index (χ1v) is 5.91. The van der Waals surface area contributed by atoms with Crippen LogP contribution in [0.3, 0.4) is 0 Å².